The van der Waals surface area contributed by atoms with Gasteiger partial charge in [-0.2, -0.15) is 9.78 Å². The zero-order chi connectivity index (χ0) is 24.1. The van der Waals surface area contributed by atoms with E-state index in [2.05, 4.69) is 21.8 Å². The molecule has 0 bridgehead atoms. The van der Waals surface area contributed by atoms with Crippen LogP contribution in [0.5, 0.6) is 5.75 Å². The molecule has 0 atom stereocenters. The third-order valence-electron chi connectivity index (χ3n) is 6.47. The molecule has 0 saturated heterocycles. The van der Waals surface area contributed by atoms with Crippen molar-refractivity contribution >= 4 is 39.0 Å². The molecule has 7 heteroatoms. The molecular weight excluding hydrogens is 440 g/mol. The Hall–Kier alpha value is -4.65. The Morgan fingerprint density at radius 1 is 0.971 bits per heavy atom. The maximum atomic E-state index is 13.6. The highest BCUT2D eigenvalue weighted by Gasteiger charge is 2.18. The highest BCUT2D eigenvalue weighted by molar-refractivity contribution is 6.01. The fourth-order valence-electron chi connectivity index (χ4n) is 4.54. The molecule has 3 aromatic heterocycles. The van der Waals surface area contributed by atoms with Crippen LogP contribution in [0.2, 0.25) is 0 Å². The zero-order valence-corrected chi connectivity index (χ0v) is 19.5. The van der Waals surface area contributed by atoms with E-state index in [0.29, 0.717) is 33.8 Å². The van der Waals surface area contributed by atoms with Crippen molar-refractivity contribution in [2.45, 2.75) is 6.92 Å². The highest BCUT2D eigenvalue weighted by Crippen LogP contribution is 2.33. The van der Waals surface area contributed by atoms with Crippen LogP contribution in [0, 0.1) is 6.92 Å². The van der Waals surface area contributed by atoms with E-state index in [4.69, 9.17) is 14.1 Å². The first-order chi connectivity index (χ1) is 17.1. The van der Waals surface area contributed by atoms with Crippen LogP contribution < -0.4 is 10.3 Å². The summed E-state index contributed by atoms with van der Waals surface area (Å²) < 4.78 is 15.0. The molecule has 0 radical (unpaired) electrons. The number of aromatic nitrogens is 3. The van der Waals surface area contributed by atoms with Gasteiger partial charge in [0.1, 0.15) is 11.3 Å². The van der Waals surface area contributed by atoms with Crippen LogP contribution in [0.15, 0.2) is 87.1 Å². The zero-order valence-electron chi connectivity index (χ0n) is 19.5. The van der Waals surface area contributed by atoms with Crippen molar-refractivity contribution in [3.63, 3.8) is 0 Å². The summed E-state index contributed by atoms with van der Waals surface area (Å²) in [5.41, 5.74) is 4.04. The Balaban J connectivity index is 1.61. The number of nitrogens with zero attached hydrogens (tertiary/aromatic N) is 4. The SMILES string of the molecule is COc1cccc2oc(-c3nc4ccccc4c(=O)n3N=Cc3c(C)n(C)c4ccccc34)cc12. The standard InChI is InChI=1S/C28H22N4O3/c1-17-21(18-9-5-7-12-23(18)31(17)2)16-29-32-27(30-22-11-6-4-10-19(22)28(32)33)26-15-20-24(34-3)13-8-14-25(20)35-26/h4-16H,1-3H3. The van der Waals surface area contributed by atoms with Gasteiger partial charge >= 0.3 is 0 Å². The topological polar surface area (TPSA) is 74.6 Å². The minimum Gasteiger partial charge on any atom is -0.496 e. The quantitative estimate of drug-likeness (QED) is 0.324. The summed E-state index contributed by atoms with van der Waals surface area (Å²) in [5.74, 6) is 1.43. The highest BCUT2D eigenvalue weighted by atomic mass is 16.5. The molecule has 0 amide bonds. The fourth-order valence-corrected chi connectivity index (χ4v) is 4.54. The van der Waals surface area contributed by atoms with Crippen molar-refractivity contribution in [1.82, 2.24) is 14.2 Å². The number of furan rings is 1. The summed E-state index contributed by atoms with van der Waals surface area (Å²) in [5, 5.41) is 7.00. The van der Waals surface area contributed by atoms with Gasteiger partial charge in [-0.15, -0.1) is 0 Å². The van der Waals surface area contributed by atoms with Crippen molar-refractivity contribution in [2.75, 3.05) is 7.11 Å². The van der Waals surface area contributed by atoms with E-state index >= 15 is 0 Å². The van der Waals surface area contributed by atoms with E-state index in [1.165, 1.54) is 4.68 Å². The molecule has 0 aliphatic rings. The number of methoxy groups -OCH3 is 1. The predicted octanol–water partition coefficient (Wildman–Crippen LogP) is 5.50. The number of benzene rings is 3. The molecule has 0 fully saturated rings. The number of ether oxygens (including phenoxy) is 1. The van der Waals surface area contributed by atoms with Gasteiger partial charge in [-0.1, -0.05) is 36.4 Å². The first kappa shape index (κ1) is 20.9. The molecule has 0 spiro atoms. The van der Waals surface area contributed by atoms with E-state index in [1.807, 2.05) is 68.6 Å². The molecule has 3 heterocycles. The molecular formula is C28H22N4O3. The largest absolute Gasteiger partial charge is 0.496 e. The van der Waals surface area contributed by atoms with Gasteiger partial charge in [0.25, 0.3) is 5.56 Å². The Bertz CT molecular complexity index is 1840. The Morgan fingerprint density at radius 3 is 2.57 bits per heavy atom. The fraction of sp³-hybridized carbons (Fsp3) is 0.107. The summed E-state index contributed by atoms with van der Waals surface area (Å²) in [6.45, 7) is 2.04. The average Bonchev–Trinajstić information content (AvgIpc) is 3.43. The second-order valence-electron chi connectivity index (χ2n) is 8.37. The molecule has 172 valence electrons. The van der Waals surface area contributed by atoms with E-state index in [1.54, 1.807) is 19.4 Å². The third kappa shape index (κ3) is 3.24. The van der Waals surface area contributed by atoms with Gasteiger partial charge in [0.15, 0.2) is 5.76 Å². The summed E-state index contributed by atoms with van der Waals surface area (Å²) in [4.78, 5) is 18.3. The normalized spacial score (nSPS) is 11.9. The van der Waals surface area contributed by atoms with Crippen LogP contribution in [0.3, 0.4) is 0 Å². The van der Waals surface area contributed by atoms with Crippen molar-refractivity contribution in [1.29, 1.82) is 0 Å². The number of fused-ring (bicyclic) bond motifs is 3. The van der Waals surface area contributed by atoms with Gasteiger partial charge in [-0.05, 0) is 43.3 Å². The van der Waals surface area contributed by atoms with Crippen LogP contribution in [0.1, 0.15) is 11.3 Å². The van der Waals surface area contributed by atoms with Crippen LogP contribution in [0.4, 0.5) is 0 Å². The van der Waals surface area contributed by atoms with Crippen molar-refractivity contribution in [3.8, 4) is 17.3 Å². The number of aryl methyl sites for hydroxylation is 1. The monoisotopic (exact) mass is 462 g/mol. The maximum Gasteiger partial charge on any atom is 0.282 e. The van der Waals surface area contributed by atoms with Crippen LogP contribution in [0.25, 0.3) is 44.4 Å². The van der Waals surface area contributed by atoms with E-state index < -0.39 is 0 Å². The molecule has 0 unspecified atom stereocenters. The lowest BCUT2D eigenvalue weighted by atomic mass is 10.1. The summed E-state index contributed by atoms with van der Waals surface area (Å²) >= 11 is 0. The molecule has 0 N–H and O–H groups in total. The number of hydrogen-bond donors (Lipinski definition) is 0. The van der Waals surface area contributed by atoms with E-state index in [-0.39, 0.29) is 5.56 Å². The Morgan fingerprint density at radius 2 is 1.74 bits per heavy atom. The van der Waals surface area contributed by atoms with E-state index in [0.717, 1.165) is 27.5 Å². The smallest absolute Gasteiger partial charge is 0.282 e. The van der Waals surface area contributed by atoms with Crippen LogP contribution in [-0.2, 0) is 7.05 Å². The van der Waals surface area contributed by atoms with Gasteiger partial charge in [0.05, 0.1) is 29.6 Å². The number of hydrogen-bond acceptors (Lipinski definition) is 5. The van der Waals surface area contributed by atoms with Crippen molar-refractivity contribution < 1.29 is 9.15 Å². The molecule has 6 aromatic rings. The van der Waals surface area contributed by atoms with Gasteiger partial charge in [0, 0.05) is 29.2 Å². The lowest BCUT2D eigenvalue weighted by Gasteiger charge is -2.07. The lowest BCUT2D eigenvalue weighted by Crippen LogP contribution is -2.20. The minimum atomic E-state index is -0.271. The lowest BCUT2D eigenvalue weighted by molar-refractivity contribution is 0.419. The molecule has 0 aliphatic carbocycles. The Kier molecular flexibility index (Phi) is 4.77. The number of para-hydroxylation sites is 2. The molecule has 0 aliphatic heterocycles. The van der Waals surface area contributed by atoms with Crippen LogP contribution in [-0.4, -0.2) is 27.6 Å². The minimum absolute atomic E-state index is 0.271. The van der Waals surface area contributed by atoms with Crippen molar-refractivity contribution in [3.05, 3.63) is 94.4 Å². The summed E-state index contributed by atoms with van der Waals surface area (Å²) in [7, 11) is 3.63. The van der Waals surface area contributed by atoms with Crippen LogP contribution >= 0.6 is 0 Å². The number of rotatable bonds is 4. The first-order valence-electron chi connectivity index (χ1n) is 11.2. The first-order valence-corrected chi connectivity index (χ1v) is 11.2. The van der Waals surface area contributed by atoms with Crippen molar-refractivity contribution in [2.24, 2.45) is 12.1 Å². The van der Waals surface area contributed by atoms with E-state index in [9.17, 15) is 4.79 Å². The molecule has 3 aromatic carbocycles. The molecule has 6 rings (SSSR count). The van der Waals surface area contributed by atoms with Gasteiger partial charge in [-0.25, -0.2) is 4.98 Å². The average molecular weight is 463 g/mol. The second kappa shape index (κ2) is 7.99. The molecule has 0 saturated carbocycles. The Labute approximate surface area is 200 Å². The molecule has 35 heavy (non-hydrogen) atoms. The van der Waals surface area contributed by atoms with Gasteiger partial charge in [-0.3, -0.25) is 4.79 Å². The predicted molar refractivity (Wildman–Crippen MR) is 138 cm³/mol. The summed E-state index contributed by atoms with van der Waals surface area (Å²) in [6.07, 6.45) is 1.72. The second-order valence-corrected chi connectivity index (χ2v) is 8.37. The van der Waals surface area contributed by atoms with Gasteiger partial charge < -0.3 is 13.7 Å². The maximum absolute atomic E-state index is 13.6. The molecule has 7 nitrogen and oxygen atoms in total. The third-order valence-corrected chi connectivity index (χ3v) is 6.47. The summed E-state index contributed by atoms with van der Waals surface area (Å²) in [6, 6.07) is 22.8. The van der Waals surface area contributed by atoms with Gasteiger partial charge in [0.2, 0.25) is 5.82 Å².